The summed E-state index contributed by atoms with van der Waals surface area (Å²) in [5.74, 6) is 0.00967. The molecule has 0 spiro atoms. The molecular weight excluding hydrogens is 164 g/mol. The fraction of sp³-hybridized carbons (Fsp3) is 0.222. The van der Waals surface area contributed by atoms with Crippen LogP contribution in [0.4, 0.5) is 5.69 Å². The molecule has 0 aliphatic carbocycles. The lowest BCUT2D eigenvalue weighted by molar-refractivity contribution is 0.854. The fourth-order valence-electron chi connectivity index (χ4n) is 1.03. The Balaban J connectivity index is 2.37. The number of benzene rings is 1. The van der Waals surface area contributed by atoms with E-state index in [0.29, 0.717) is 6.54 Å². The molecule has 1 aromatic carbocycles. The Kier molecular flexibility index (Phi) is 3.14. The van der Waals surface area contributed by atoms with Gasteiger partial charge in [-0.15, -0.1) is 0 Å². The minimum Gasteiger partial charge on any atom is -0.399 e. The van der Waals surface area contributed by atoms with Gasteiger partial charge in [-0.1, -0.05) is 12.1 Å². The predicted molar refractivity (Wildman–Crippen MR) is 54.5 cm³/mol. The second kappa shape index (κ2) is 4.35. The molecule has 0 saturated carbocycles. The van der Waals surface area contributed by atoms with E-state index in [2.05, 4.69) is 5.32 Å². The lowest BCUT2D eigenvalue weighted by Crippen LogP contribution is -2.31. The third-order valence-electron chi connectivity index (χ3n) is 1.71. The quantitative estimate of drug-likeness (QED) is 0.305. The highest BCUT2D eigenvalue weighted by molar-refractivity contribution is 5.74. The van der Waals surface area contributed by atoms with Crippen LogP contribution >= 0.6 is 0 Å². The van der Waals surface area contributed by atoms with Gasteiger partial charge in [0.25, 0.3) is 0 Å². The van der Waals surface area contributed by atoms with Gasteiger partial charge < -0.3 is 16.8 Å². The largest absolute Gasteiger partial charge is 0.399 e. The maximum absolute atomic E-state index is 6.94. The van der Waals surface area contributed by atoms with Gasteiger partial charge in [0.1, 0.15) is 0 Å². The number of nitrogens with one attached hydrogen (secondary N) is 2. The first-order valence-electron chi connectivity index (χ1n) is 4.11. The van der Waals surface area contributed by atoms with Gasteiger partial charge in [0.2, 0.25) is 0 Å². The highest BCUT2D eigenvalue weighted by Gasteiger charge is 1.92. The summed E-state index contributed by atoms with van der Waals surface area (Å²) in [6, 6.07) is 7.67. The van der Waals surface area contributed by atoms with Crippen molar-refractivity contribution in [3.05, 3.63) is 29.8 Å². The van der Waals surface area contributed by atoms with Crippen LogP contribution in [0.3, 0.4) is 0 Å². The van der Waals surface area contributed by atoms with Crippen molar-refractivity contribution in [2.45, 2.75) is 6.42 Å². The SMILES string of the molecule is N=C(N)NCCc1ccc(N)cc1. The van der Waals surface area contributed by atoms with Crippen molar-refractivity contribution in [3.8, 4) is 0 Å². The first-order chi connectivity index (χ1) is 6.18. The summed E-state index contributed by atoms with van der Waals surface area (Å²) in [7, 11) is 0. The Labute approximate surface area is 77.4 Å². The molecule has 1 aromatic rings. The summed E-state index contributed by atoms with van der Waals surface area (Å²) in [6.07, 6.45) is 0.847. The van der Waals surface area contributed by atoms with Crippen molar-refractivity contribution in [1.82, 2.24) is 5.32 Å². The molecular formula is C9H14N4. The molecule has 0 fully saturated rings. The molecule has 0 aliphatic rings. The van der Waals surface area contributed by atoms with Gasteiger partial charge in [-0.25, -0.2) is 0 Å². The average Bonchev–Trinajstić information content (AvgIpc) is 2.08. The molecule has 13 heavy (non-hydrogen) atoms. The molecule has 0 aliphatic heterocycles. The summed E-state index contributed by atoms with van der Waals surface area (Å²) in [4.78, 5) is 0. The smallest absolute Gasteiger partial charge is 0.185 e. The maximum Gasteiger partial charge on any atom is 0.185 e. The normalized spacial score (nSPS) is 9.54. The van der Waals surface area contributed by atoms with Gasteiger partial charge >= 0.3 is 0 Å². The molecule has 0 radical (unpaired) electrons. The predicted octanol–water partition coefficient (Wildman–Crippen LogP) is 0.294. The van der Waals surface area contributed by atoms with E-state index in [1.54, 1.807) is 0 Å². The number of anilines is 1. The zero-order valence-corrected chi connectivity index (χ0v) is 7.38. The molecule has 0 saturated heterocycles. The summed E-state index contributed by atoms with van der Waals surface area (Å²) in [5, 5.41) is 9.68. The van der Waals surface area contributed by atoms with Gasteiger partial charge in [0, 0.05) is 12.2 Å². The third kappa shape index (κ3) is 3.46. The lowest BCUT2D eigenvalue weighted by atomic mass is 10.1. The van der Waals surface area contributed by atoms with Crippen LogP contribution in [0, 0.1) is 5.41 Å². The monoisotopic (exact) mass is 178 g/mol. The Morgan fingerprint density at radius 3 is 2.46 bits per heavy atom. The highest BCUT2D eigenvalue weighted by Crippen LogP contribution is 2.05. The number of nitrogen functional groups attached to an aromatic ring is 1. The average molecular weight is 178 g/mol. The van der Waals surface area contributed by atoms with E-state index in [1.165, 1.54) is 5.56 Å². The van der Waals surface area contributed by atoms with Crippen LogP contribution in [-0.4, -0.2) is 12.5 Å². The number of rotatable bonds is 3. The van der Waals surface area contributed by atoms with Crippen molar-refractivity contribution in [3.63, 3.8) is 0 Å². The van der Waals surface area contributed by atoms with Crippen LogP contribution in [0.25, 0.3) is 0 Å². The summed E-state index contributed by atoms with van der Waals surface area (Å²) in [6.45, 7) is 0.680. The Morgan fingerprint density at radius 2 is 1.92 bits per heavy atom. The van der Waals surface area contributed by atoms with E-state index in [9.17, 15) is 0 Å². The maximum atomic E-state index is 6.94. The topological polar surface area (TPSA) is 87.9 Å². The lowest BCUT2D eigenvalue weighted by Gasteiger charge is -2.03. The Morgan fingerprint density at radius 1 is 1.31 bits per heavy atom. The molecule has 0 amide bonds. The summed E-state index contributed by atoms with van der Waals surface area (Å²) in [5.41, 5.74) is 12.6. The van der Waals surface area contributed by atoms with Gasteiger partial charge in [-0.2, -0.15) is 0 Å². The van der Waals surface area contributed by atoms with Gasteiger partial charge in [0.05, 0.1) is 0 Å². The number of nitrogens with two attached hydrogens (primary N) is 2. The molecule has 0 heterocycles. The molecule has 0 atom stereocenters. The molecule has 0 unspecified atom stereocenters. The molecule has 4 heteroatoms. The number of hydrogen-bond donors (Lipinski definition) is 4. The molecule has 0 bridgehead atoms. The fourth-order valence-corrected chi connectivity index (χ4v) is 1.03. The number of guanidine groups is 1. The van der Waals surface area contributed by atoms with Crippen LogP contribution < -0.4 is 16.8 Å². The van der Waals surface area contributed by atoms with Gasteiger partial charge in [0.15, 0.2) is 5.96 Å². The van der Waals surface area contributed by atoms with E-state index < -0.39 is 0 Å². The van der Waals surface area contributed by atoms with Gasteiger partial charge in [-0.05, 0) is 24.1 Å². The van der Waals surface area contributed by atoms with Crippen LogP contribution in [0.2, 0.25) is 0 Å². The van der Waals surface area contributed by atoms with Crippen molar-refractivity contribution < 1.29 is 0 Å². The second-order valence-electron chi connectivity index (χ2n) is 2.83. The van der Waals surface area contributed by atoms with Crippen LogP contribution in [0.1, 0.15) is 5.56 Å². The summed E-state index contributed by atoms with van der Waals surface area (Å²) >= 11 is 0. The van der Waals surface area contributed by atoms with E-state index in [-0.39, 0.29) is 5.96 Å². The minimum atomic E-state index is 0.00967. The zero-order valence-electron chi connectivity index (χ0n) is 7.38. The zero-order chi connectivity index (χ0) is 9.68. The van der Waals surface area contributed by atoms with Gasteiger partial charge in [-0.3, -0.25) is 5.41 Å². The molecule has 4 nitrogen and oxygen atoms in total. The minimum absolute atomic E-state index is 0.00967. The summed E-state index contributed by atoms with van der Waals surface area (Å²) < 4.78 is 0. The first-order valence-corrected chi connectivity index (χ1v) is 4.11. The van der Waals surface area contributed by atoms with Crippen LogP contribution in [0.15, 0.2) is 24.3 Å². The first kappa shape index (κ1) is 9.38. The second-order valence-corrected chi connectivity index (χ2v) is 2.83. The van der Waals surface area contributed by atoms with E-state index in [4.69, 9.17) is 16.9 Å². The van der Waals surface area contributed by atoms with Crippen molar-refractivity contribution in [2.75, 3.05) is 12.3 Å². The standard InChI is InChI=1S/C9H14N4/c10-8-3-1-7(2-4-8)5-6-13-9(11)12/h1-4H,5-6,10H2,(H4,11,12,13). The molecule has 6 N–H and O–H groups in total. The van der Waals surface area contributed by atoms with Crippen LogP contribution in [-0.2, 0) is 6.42 Å². The van der Waals surface area contributed by atoms with Crippen molar-refractivity contribution in [2.24, 2.45) is 5.73 Å². The molecule has 0 aromatic heterocycles. The third-order valence-corrected chi connectivity index (χ3v) is 1.71. The van der Waals surface area contributed by atoms with E-state index in [0.717, 1.165) is 12.1 Å². The van der Waals surface area contributed by atoms with E-state index >= 15 is 0 Å². The van der Waals surface area contributed by atoms with E-state index in [1.807, 2.05) is 24.3 Å². The van der Waals surface area contributed by atoms with Crippen molar-refractivity contribution >= 4 is 11.6 Å². The molecule has 70 valence electrons. The Hall–Kier alpha value is -1.71. The number of hydrogen-bond acceptors (Lipinski definition) is 2. The Bertz CT molecular complexity index is 278. The van der Waals surface area contributed by atoms with Crippen LogP contribution in [0.5, 0.6) is 0 Å². The molecule has 1 rings (SSSR count). The van der Waals surface area contributed by atoms with Crippen molar-refractivity contribution in [1.29, 1.82) is 5.41 Å². The highest BCUT2D eigenvalue weighted by atomic mass is 15.0.